The fourth-order valence-corrected chi connectivity index (χ4v) is 1.91. The van der Waals surface area contributed by atoms with E-state index in [-0.39, 0.29) is 11.7 Å². The third kappa shape index (κ3) is 1.67. The van der Waals surface area contributed by atoms with Crippen LogP contribution < -0.4 is 0 Å². The molecule has 2 rings (SSSR count). The van der Waals surface area contributed by atoms with Crippen molar-refractivity contribution in [2.75, 3.05) is 0 Å². The Morgan fingerprint density at radius 3 is 2.71 bits per heavy atom. The van der Waals surface area contributed by atoms with Crippen LogP contribution >= 0.6 is 0 Å². The summed E-state index contributed by atoms with van der Waals surface area (Å²) in [5.41, 5.74) is 0.343. The van der Waals surface area contributed by atoms with Crippen LogP contribution in [0.15, 0.2) is 18.2 Å². The molecule has 0 aromatic heterocycles. The molecule has 74 valence electrons. The maximum absolute atomic E-state index is 13.3. The summed E-state index contributed by atoms with van der Waals surface area (Å²) in [5.74, 6) is -0.844. The maximum atomic E-state index is 13.3. The van der Waals surface area contributed by atoms with Crippen molar-refractivity contribution in [1.82, 2.24) is 0 Å². The van der Waals surface area contributed by atoms with Gasteiger partial charge in [-0.1, -0.05) is 0 Å². The number of rotatable bonds is 1. The largest absolute Gasteiger partial charge is 0.300 e. The second kappa shape index (κ2) is 3.48. The first-order chi connectivity index (χ1) is 6.66. The zero-order chi connectivity index (χ0) is 10.1. The average Bonchev–Trinajstić information content (AvgIpc) is 2.56. The lowest BCUT2D eigenvalue weighted by atomic mass is 9.97. The Balaban J connectivity index is 2.31. The first-order valence-corrected chi connectivity index (χ1v) is 4.63. The van der Waals surface area contributed by atoms with E-state index in [1.807, 2.05) is 0 Å². The van der Waals surface area contributed by atoms with E-state index in [1.165, 1.54) is 6.07 Å². The van der Waals surface area contributed by atoms with Crippen molar-refractivity contribution in [3.05, 3.63) is 35.4 Å². The predicted molar refractivity (Wildman–Crippen MR) is 48.0 cm³/mol. The van der Waals surface area contributed by atoms with Crippen LogP contribution in [0.5, 0.6) is 0 Å². The molecule has 1 atom stereocenters. The van der Waals surface area contributed by atoms with Gasteiger partial charge in [-0.15, -0.1) is 0 Å². The number of halogens is 2. The van der Waals surface area contributed by atoms with Gasteiger partial charge < -0.3 is 0 Å². The van der Waals surface area contributed by atoms with Crippen molar-refractivity contribution in [3.8, 4) is 0 Å². The highest BCUT2D eigenvalue weighted by atomic mass is 19.1. The van der Waals surface area contributed by atoms with Crippen molar-refractivity contribution in [2.45, 2.75) is 25.2 Å². The summed E-state index contributed by atoms with van der Waals surface area (Å²) in [6.07, 6.45) is 1.47. The number of carbonyl (C=O) groups excluding carboxylic acids is 1. The van der Waals surface area contributed by atoms with Crippen molar-refractivity contribution in [1.29, 1.82) is 0 Å². The molecular formula is C11H10F2O. The van der Waals surface area contributed by atoms with Crippen LogP contribution in [0, 0.1) is 11.6 Å². The molecule has 0 bridgehead atoms. The molecule has 3 heteroatoms. The lowest BCUT2D eigenvalue weighted by Gasteiger charge is -2.09. The van der Waals surface area contributed by atoms with Gasteiger partial charge >= 0.3 is 0 Å². The van der Waals surface area contributed by atoms with E-state index in [2.05, 4.69) is 0 Å². The average molecular weight is 196 g/mol. The van der Waals surface area contributed by atoms with Gasteiger partial charge in [0.1, 0.15) is 17.4 Å². The number of benzene rings is 1. The first-order valence-electron chi connectivity index (χ1n) is 4.63. The molecule has 0 saturated heterocycles. The molecule has 1 fully saturated rings. The lowest BCUT2D eigenvalue weighted by molar-refractivity contribution is -0.117. The van der Waals surface area contributed by atoms with Gasteiger partial charge in [-0.25, -0.2) is 8.78 Å². The van der Waals surface area contributed by atoms with Gasteiger partial charge in [-0.3, -0.25) is 4.79 Å². The smallest absolute Gasteiger partial charge is 0.133 e. The predicted octanol–water partition coefficient (Wildman–Crippen LogP) is 2.80. The van der Waals surface area contributed by atoms with E-state index in [0.29, 0.717) is 24.8 Å². The first kappa shape index (κ1) is 9.31. The summed E-state index contributed by atoms with van der Waals surface area (Å²) >= 11 is 0. The highest BCUT2D eigenvalue weighted by Gasteiger charge is 2.25. The molecule has 1 nitrogen and oxygen atoms in total. The lowest BCUT2D eigenvalue weighted by Crippen LogP contribution is -1.98. The number of ketones is 1. The molecule has 0 radical (unpaired) electrons. The summed E-state index contributed by atoms with van der Waals surface area (Å²) in [4.78, 5) is 11.0. The third-order valence-corrected chi connectivity index (χ3v) is 2.64. The summed E-state index contributed by atoms with van der Waals surface area (Å²) in [6, 6.07) is 3.40. The topological polar surface area (TPSA) is 17.1 Å². The molecule has 0 spiro atoms. The van der Waals surface area contributed by atoms with Crippen molar-refractivity contribution < 1.29 is 13.6 Å². The summed E-state index contributed by atoms with van der Waals surface area (Å²) in [5, 5.41) is 0. The van der Waals surface area contributed by atoms with E-state index >= 15 is 0 Å². The number of hydrogen-bond donors (Lipinski definition) is 0. The monoisotopic (exact) mass is 196 g/mol. The van der Waals surface area contributed by atoms with Crippen molar-refractivity contribution in [3.63, 3.8) is 0 Å². The Kier molecular flexibility index (Phi) is 2.32. The van der Waals surface area contributed by atoms with Crippen LogP contribution in [0.1, 0.15) is 30.7 Å². The van der Waals surface area contributed by atoms with E-state index in [4.69, 9.17) is 0 Å². The Hall–Kier alpha value is -1.25. The van der Waals surface area contributed by atoms with E-state index in [1.54, 1.807) is 0 Å². The normalized spacial score (nSPS) is 21.6. The van der Waals surface area contributed by atoms with Gasteiger partial charge in [-0.2, -0.15) is 0 Å². The quantitative estimate of drug-likeness (QED) is 0.675. The number of Topliss-reactive ketones (excluding diaryl/α,β-unsaturated/α-hetero) is 1. The molecule has 0 N–H and O–H groups in total. The Morgan fingerprint density at radius 1 is 1.29 bits per heavy atom. The Bertz CT molecular complexity index is 374. The van der Waals surface area contributed by atoms with Crippen molar-refractivity contribution in [2.24, 2.45) is 0 Å². The van der Waals surface area contributed by atoms with E-state index < -0.39 is 11.6 Å². The van der Waals surface area contributed by atoms with Gasteiger partial charge in [0.05, 0.1) is 0 Å². The Labute approximate surface area is 80.7 Å². The standard InChI is InChI=1S/C11H10F2O/c12-8-2-4-11(13)10(6-8)7-1-3-9(14)5-7/h2,4,6-7H,1,3,5H2. The number of carbonyl (C=O) groups is 1. The van der Waals surface area contributed by atoms with Crippen LogP contribution in [0.25, 0.3) is 0 Å². The molecule has 0 heterocycles. The molecule has 1 saturated carbocycles. The van der Waals surface area contributed by atoms with Crippen LogP contribution in [-0.4, -0.2) is 5.78 Å². The summed E-state index contributed by atoms with van der Waals surface area (Å²) < 4.78 is 26.1. The van der Waals surface area contributed by atoms with Gasteiger partial charge in [0.15, 0.2) is 0 Å². The molecular weight excluding hydrogens is 186 g/mol. The van der Waals surface area contributed by atoms with Gasteiger partial charge in [0.25, 0.3) is 0 Å². The van der Waals surface area contributed by atoms with Crippen LogP contribution in [0.2, 0.25) is 0 Å². The molecule has 1 aliphatic carbocycles. The molecule has 1 aromatic carbocycles. The minimum atomic E-state index is -0.444. The van der Waals surface area contributed by atoms with Gasteiger partial charge in [-0.05, 0) is 36.1 Å². The van der Waals surface area contributed by atoms with E-state index in [0.717, 1.165) is 12.1 Å². The third-order valence-electron chi connectivity index (χ3n) is 2.64. The highest BCUT2D eigenvalue weighted by Crippen LogP contribution is 2.33. The van der Waals surface area contributed by atoms with Crippen LogP contribution in [0.4, 0.5) is 8.78 Å². The highest BCUT2D eigenvalue weighted by molar-refractivity contribution is 5.81. The van der Waals surface area contributed by atoms with Gasteiger partial charge in [0, 0.05) is 12.8 Å². The molecule has 14 heavy (non-hydrogen) atoms. The number of hydrogen-bond acceptors (Lipinski definition) is 1. The van der Waals surface area contributed by atoms with Crippen LogP contribution in [-0.2, 0) is 4.79 Å². The second-order valence-corrected chi connectivity index (χ2v) is 3.64. The zero-order valence-electron chi connectivity index (χ0n) is 7.59. The summed E-state index contributed by atoms with van der Waals surface area (Å²) in [6.45, 7) is 0. The molecule has 1 unspecified atom stereocenters. The SMILES string of the molecule is O=C1CCC(c2cc(F)ccc2F)C1. The fraction of sp³-hybridized carbons (Fsp3) is 0.364. The molecule has 1 aliphatic rings. The summed E-state index contributed by atoms with van der Waals surface area (Å²) in [7, 11) is 0. The molecule has 1 aromatic rings. The minimum Gasteiger partial charge on any atom is -0.300 e. The fourth-order valence-electron chi connectivity index (χ4n) is 1.91. The van der Waals surface area contributed by atoms with E-state index in [9.17, 15) is 13.6 Å². The Morgan fingerprint density at radius 2 is 2.07 bits per heavy atom. The maximum Gasteiger partial charge on any atom is 0.133 e. The van der Waals surface area contributed by atoms with Crippen molar-refractivity contribution >= 4 is 5.78 Å². The van der Waals surface area contributed by atoms with Gasteiger partial charge in [0.2, 0.25) is 0 Å². The zero-order valence-corrected chi connectivity index (χ0v) is 7.59. The van der Waals surface area contributed by atoms with Crippen LogP contribution in [0.3, 0.4) is 0 Å². The second-order valence-electron chi connectivity index (χ2n) is 3.64. The molecule has 0 aliphatic heterocycles. The minimum absolute atomic E-state index is 0.127. The molecule has 0 amide bonds.